The van der Waals surface area contributed by atoms with E-state index in [4.69, 9.17) is 19.1 Å². The van der Waals surface area contributed by atoms with Gasteiger partial charge < -0.3 is 0 Å². The lowest BCUT2D eigenvalue weighted by atomic mass is 9.84. The van der Waals surface area contributed by atoms with Crippen molar-refractivity contribution in [3.63, 3.8) is 0 Å². The minimum Gasteiger partial charge on any atom is -0.294 e. The Labute approximate surface area is 231 Å². The molecule has 0 fully saturated rings. The van der Waals surface area contributed by atoms with Crippen molar-refractivity contribution in [2.45, 2.75) is 81.3 Å². The Morgan fingerprint density at radius 3 is 1.44 bits per heavy atom. The van der Waals surface area contributed by atoms with Crippen molar-refractivity contribution in [1.82, 2.24) is 0 Å². The van der Waals surface area contributed by atoms with Crippen molar-refractivity contribution in [2.75, 3.05) is 0 Å². The first-order valence-corrected chi connectivity index (χ1v) is 13.1. The molecule has 2 aromatic rings. The van der Waals surface area contributed by atoms with E-state index in [1.54, 1.807) is 26.3 Å². The Bertz CT molecular complexity index is 1420. The van der Waals surface area contributed by atoms with Crippen LogP contribution in [0.15, 0.2) is 56.9 Å². The molecule has 0 aliphatic carbocycles. The van der Waals surface area contributed by atoms with Gasteiger partial charge in [-0.3, -0.25) is 28.7 Å². The fourth-order valence-corrected chi connectivity index (χ4v) is 5.41. The molecule has 0 radical (unpaired) electrons. The summed E-state index contributed by atoms with van der Waals surface area (Å²) in [5, 5.41) is 0. The van der Waals surface area contributed by atoms with Crippen LogP contribution in [0.3, 0.4) is 0 Å². The first kappa shape index (κ1) is 29.6. The summed E-state index contributed by atoms with van der Waals surface area (Å²) in [6.45, 7) is 19.9. The van der Waals surface area contributed by atoms with Gasteiger partial charge in [-0.15, -0.1) is 0 Å². The highest BCUT2D eigenvalue weighted by molar-refractivity contribution is 6.13. The Balaban J connectivity index is 2.49. The van der Waals surface area contributed by atoms with E-state index < -0.39 is 12.1 Å². The summed E-state index contributed by atoms with van der Waals surface area (Å²) in [6.07, 6.45) is 3.17. The number of cyclic esters (lactones) is 1. The Morgan fingerprint density at radius 1 is 0.667 bits per heavy atom. The van der Waals surface area contributed by atoms with Crippen LogP contribution in [0.5, 0.6) is 0 Å². The number of rotatable bonds is 4. The number of hydrogen-bond acceptors (Lipinski definition) is 5. The Kier molecular flexibility index (Phi) is 9.33. The number of carbonyl (C=O) groups is 2. The molecule has 0 aromatic heterocycles. The van der Waals surface area contributed by atoms with E-state index in [0.29, 0.717) is 22.7 Å². The molecule has 0 bridgehead atoms. The third-order valence-electron chi connectivity index (χ3n) is 7.06. The lowest BCUT2D eigenvalue weighted by Crippen LogP contribution is -2.16. The molecule has 1 aliphatic rings. The number of hydrogen-bond donors (Lipinski definition) is 0. The lowest BCUT2D eigenvalue weighted by Gasteiger charge is -2.28. The van der Waals surface area contributed by atoms with E-state index >= 15 is 0 Å². The first-order chi connectivity index (χ1) is 18.3. The van der Waals surface area contributed by atoms with Gasteiger partial charge in [0.05, 0.1) is 0 Å². The van der Waals surface area contributed by atoms with Gasteiger partial charge in [0.2, 0.25) is 11.5 Å². The molecule has 1 heterocycles. The molecule has 2 aromatic carbocycles. The molecule has 2 atom stereocenters. The summed E-state index contributed by atoms with van der Waals surface area (Å²) >= 11 is 0. The number of aryl methyl sites for hydroxylation is 6. The topological polar surface area (TPSA) is 79.4 Å². The Hall–Kier alpha value is -3.93. The van der Waals surface area contributed by atoms with Gasteiger partial charge in [0.1, 0.15) is 23.2 Å². The van der Waals surface area contributed by atoms with Gasteiger partial charge in [-0.2, -0.15) is 0 Å². The largest absolute Gasteiger partial charge is 0.484 e. The van der Waals surface area contributed by atoms with Crippen LogP contribution in [0, 0.1) is 41.5 Å². The maximum Gasteiger partial charge on any atom is 0.484 e. The highest BCUT2D eigenvalue weighted by atomic mass is 16.6. The smallest absolute Gasteiger partial charge is 0.294 e. The molecule has 204 valence electrons. The van der Waals surface area contributed by atoms with E-state index in [1.807, 2.05) is 0 Å². The quantitative estimate of drug-likeness (QED) is 0.320. The maximum absolute atomic E-state index is 12.7. The standard InChI is InChI=1S/C33H39N2O4/c1-18-11-20(3)30(21(4)12-18)32-33(31-22(5)13-19(2)14-23(31)6)35-16-29(25(8)37)27(10)39-17-38-26(9)28(15-34-32)24(7)36/h11-17,32-33H,1-10H3/q+1/b28-26+,29-27+,34-15?,35-16?/t32-,33?/m1/s1. The lowest BCUT2D eigenvalue weighted by molar-refractivity contribution is -0.401. The van der Waals surface area contributed by atoms with Gasteiger partial charge in [-0.05, 0) is 88.8 Å². The third kappa shape index (κ3) is 6.75. The summed E-state index contributed by atoms with van der Waals surface area (Å²) in [5.41, 5.74) is 9.36. The molecule has 1 aliphatic heterocycles. The second-order valence-electron chi connectivity index (χ2n) is 10.5. The number of carbonyl (C=O) groups excluding carboxylic acids is 3. The monoisotopic (exact) mass is 527 g/mol. The molecule has 3 rings (SSSR count). The fraction of sp³-hybridized carbons (Fsp3) is 0.364. The van der Waals surface area contributed by atoms with Crippen LogP contribution in [0.2, 0.25) is 0 Å². The summed E-state index contributed by atoms with van der Waals surface area (Å²) in [7, 11) is 0. The number of Topliss-reactive ketones (excluding diaryl/α,β-unsaturated/α-hetero) is 2. The van der Waals surface area contributed by atoms with E-state index in [1.165, 1.54) is 13.8 Å². The van der Waals surface area contributed by atoms with Crippen molar-refractivity contribution in [3.05, 3.63) is 91.4 Å². The van der Waals surface area contributed by atoms with Gasteiger partial charge in [-0.1, -0.05) is 35.4 Å². The fourth-order valence-electron chi connectivity index (χ4n) is 5.41. The molecule has 0 amide bonds. The zero-order valence-electron chi connectivity index (χ0n) is 24.7. The summed E-state index contributed by atoms with van der Waals surface area (Å²) in [4.78, 5) is 35.4. The molecular formula is C33H39N2O4+. The number of benzene rings is 2. The average molecular weight is 528 g/mol. The SMILES string of the molecule is CC(=O)/C1=C(\C)OC=[O+]/C(C)=C(/C(C)=O)C=NC(c2c(C)cc(C)cc2C)[C@@H](c2c(C)cc(C)cc2C)N=C1. The van der Waals surface area contributed by atoms with Crippen molar-refractivity contribution in [2.24, 2.45) is 9.98 Å². The minimum atomic E-state index is -0.483. The van der Waals surface area contributed by atoms with Gasteiger partial charge in [-0.25, -0.2) is 0 Å². The minimum absolute atomic E-state index is 0.185. The summed E-state index contributed by atoms with van der Waals surface area (Å²) in [5.74, 6) is 0.322. The third-order valence-corrected chi connectivity index (χ3v) is 7.06. The number of ketones is 2. The van der Waals surface area contributed by atoms with Crippen molar-refractivity contribution in [1.29, 1.82) is 0 Å². The van der Waals surface area contributed by atoms with E-state index in [-0.39, 0.29) is 11.6 Å². The number of nitrogens with zero attached hydrogens (tertiary/aromatic N) is 2. The van der Waals surface area contributed by atoms with Crippen LogP contribution in [-0.4, -0.2) is 30.5 Å². The maximum atomic E-state index is 12.7. The predicted molar refractivity (Wildman–Crippen MR) is 158 cm³/mol. The zero-order chi connectivity index (χ0) is 29.0. The van der Waals surface area contributed by atoms with Crippen molar-refractivity contribution < 1.29 is 18.8 Å². The molecule has 6 nitrogen and oxygen atoms in total. The van der Waals surface area contributed by atoms with Gasteiger partial charge in [0.15, 0.2) is 11.6 Å². The molecular weight excluding hydrogens is 488 g/mol. The van der Waals surface area contributed by atoms with E-state index in [0.717, 1.165) is 51.0 Å². The molecule has 0 saturated carbocycles. The van der Waals surface area contributed by atoms with Crippen molar-refractivity contribution >= 4 is 30.5 Å². The highest BCUT2D eigenvalue weighted by Crippen LogP contribution is 2.41. The average Bonchev–Trinajstić information content (AvgIpc) is 2.80. The van der Waals surface area contributed by atoms with Gasteiger partial charge in [0, 0.05) is 26.3 Å². The molecule has 0 N–H and O–H groups in total. The van der Waals surface area contributed by atoms with Gasteiger partial charge >= 0.3 is 6.47 Å². The van der Waals surface area contributed by atoms with Crippen LogP contribution in [0.4, 0.5) is 0 Å². The first-order valence-electron chi connectivity index (χ1n) is 13.1. The number of aliphatic imine (C=N–C) groups is 2. The van der Waals surface area contributed by atoms with E-state index in [9.17, 15) is 9.59 Å². The number of allylic oxidation sites excluding steroid dienone is 4. The van der Waals surface area contributed by atoms with Crippen LogP contribution < -0.4 is 0 Å². The van der Waals surface area contributed by atoms with Crippen LogP contribution in [0.25, 0.3) is 0 Å². The second-order valence-corrected chi connectivity index (χ2v) is 10.5. The summed E-state index contributed by atoms with van der Waals surface area (Å²) < 4.78 is 11.3. The van der Waals surface area contributed by atoms with Crippen molar-refractivity contribution in [3.8, 4) is 0 Å². The predicted octanol–water partition coefficient (Wildman–Crippen LogP) is 6.91. The zero-order valence-corrected chi connectivity index (χ0v) is 24.7. The Morgan fingerprint density at radius 2 is 1.05 bits per heavy atom. The summed E-state index contributed by atoms with van der Waals surface area (Å²) in [6, 6.07) is 7.58. The van der Waals surface area contributed by atoms with Crippen LogP contribution in [0.1, 0.15) is 84.3 Å². The molecule has 1 unspecified atom stereocenters. The number of ether oxygens (including phenoxy) is 1. The van der Waals surface area contributed by atoms with E-state index in [2.05, 4.69) is 65.8 Å². The second kappa shape index (κ2) is 12.3. The molecule has 0 spiro atoms. The van der Waals surface area contributed by atoms with Gasteiger partial charge in [0.25, 0.3) is 0 Å². The van der Waals surface area contributed by atoms with Crippen LogP contribution >= 0.6 is 0 Å². The van der Waals surface area contributed by atoms with Crippen LogP contribution in [-0.2, 0) is 18.8 Å². The molecule has 6 heteroatoms. The molecule has 39 heavy (non-hydrogen) atoms. The normalized spacial score (nSPS) is 22.1. The molecule has 0 saturated heterocycles. The highest BCUT2D eigenvalue weighted by Gasteiger charge is 2.30.